The minimum atomic E-state index is -0.789. The monoisotopic (exact) mass is 440 g/mol. The fourth-order valence-corrected chi connectivity index (χ4v) is 3.96. The summed E-state index contributed by atoms with van der Waals surface area (Å²) in [7, 11) is 5.27. The van der Waals surface area contributed by atoms with Crippen molar-refractivity contribution in [3.05, 3.63) is 70.5 Å². The van der Waals surface area contributed by atoms with Gasteiger partial charge in [-0.1, -0.05) is 31.2 Å². The predicted octanol–water partition coefficient (Wildman–Crippen LogP) is 3.77. The van der Waals surface area contributed by atoms with Crippen LogP contribution in [-0.4, -0.2) is 60.9 Å². The summed E-state index contributed by atoms with van der Waals surface area (Å²) in [5, 5.41) is 11.1. The number of ether oxygens (including phenoxy) is 1. The van der Waals surface area contributed by atoms with Crippen LogP contribution in [0.1, 0.15) is 36.1 Å². The zero-order chi connectivity index (χ0) is 23.4. The van der Waals surface area contributed by atoms with Crippen molar-refractivity contribution >= 4 is 17.4 Å². The molecule has 1 saturated heterocycles. The maximum atomic E-state index is 14.0. The van der Waals surface area contributed by atoms with Crippen molar-refractivity contribution in [2.75, 3.05) is 34.3 Å². The maximum Gasteiger partial charge on any atom is 0.295 e. The lowest BCUT2D eigenvalue weighted by Gasteiger charge is -2.26. The van der Waals surface area contributed by atoms with E-state index >= 15 is 0 Å². The van der Waals surface area contributed by atoms with E-state index in [1.165, 1.54) is 24.1 Å². The number of carbonyl (C=O) groups is 2. The fraction of sp³-hybridized carbons (Fsp3) is 0.360. The summed E-state index contributed by atoms with van der Waals surface area (Å²) >= 11 is 0. The molecule has 170 valence electrons. The van der Waals surface area contributed by atoms with Gasteiger partial charge < -0.3 is 19.6 Å². The van der Waals surface area contributed by atoms with Gasteiger partial charge in [-0.25, -0.2) is 4.39 Å². The molecule has 1 fully saturated rings. The number of carbonyl (C=O) groups excluding carboxylic acids is 2. The van der Waals surface area contributed by atoms with Gasteiger partial charge in [0.15, 0.2) is 0 Å². The quantitative estimate of drug-likeness (QED) is 0.384. The zero-order valence-corrected chi connectivity index (χ0v) is 18.9. The molecule has 0 aliphatic carbocycles. The molecule has 1 aliphatic rings. The first-order valence-corrected chi connectivity index (χ1v) is 10.6. The van der Waals surface area contributed by atoms with Crippen molar-refractivity contribution in [3.63, 3.8) is 0 Å². The van der Waals surface area contributed by atoms with E-state index in [0.29, 0.717) is 18.5 Å². The van der Waals surface area contributed by atoms with Gasteiger partial charge in [-0.15, -0.1) is 0 Å². The molecule has 0 radical (unpaired) electrons. The van der Waals surface area contributed by atoms with Gasteiger partial charge in [0.25, 0.3) is 11.7 Å². The molecule has 0 bridgehead atoms. The lowest BCUT2D eigenvalue weighted by atomic mass is 9.94. The van der Waals surface area contributed by atoms with Crippen molar-refractivity contribution < 1.29 is 23.8 Å². The number of rotatable bonds is 8. The number of aliphatic hydroxyl groups excluding tert-OH is 1. The smallest absolute Gasteiger partial charge is 0.295 e. The largest absolute Gasteiger partial charge is 0.507 e. The van der Waals surface area contributed by atoms with Gasteiger partial charge >= 0.3 is 0 Å². The lowest BCUT2D eigenvalue weighted by molar-refractivity contribution is -0.139. The molecule has 1 heterocycles. The molecular formula is C25H29FN2O4. The number of nitrogens with zero attached hydrogens (tertiary/aromatic N) is 2. The van der Waals surface area contributed by atoms with Gasteiger partial charge in [0.1, 0.15) is 17.3 Å². The van der Waals surface area contributed by atoms with E-state index in [2.05, 4.69) is 0 Å². The third kappa shape index (κ3) is 4.67. The van der Waals surface area contributed by atoms with E-state index in [4.69, 9.17) is 4.74 Å². The fourth-order valence-electron chi connectivity index (χ4n) is 3.96. The highest BCUT2D eigenvalue weighted by Gasteiger charge is 2.46. The second kappa shape index (κ2) is 9.96. The molecule has 2 aromatic rings. The van der Waals surface area contributed by atoms with Gasteiger partial charge in [-0.2, -0.15) is 0 Å². The number of hydrogen-bond donors (Lipinski definition) is 1. The van der Waals surface area contributed by atoms with E-state index < -0.39 is 29.3 Å². The normalized spacial score (nSPS) is 17.9. The van der Waals surface area contributed by atoms with Gasteiger partial charge in [-0.05, 0) is 62.8 Å². The Kier molecular flexibility index (Phi) is 7.30. The SMILES string of the molecule is CCc1ccc(C2/C(=C(\O)c3cc(F)ccc3OC)C(=O)C(=O)N2CCCN(C)C)cc1. The number of aryl methyl sites for hydroxylation is 1. The Balaban J connectivity index is 2.15. The Morgan fingerprint density at radius 2 is 1.84 bits per heavy atom. The molecule has 6 nitrogen and oxygen atoms in total. The molecule has 0 aromatic heterocycles. The van der Waals surface area contributed by atoms with Crippen molar-refractivity contribution in [1.29, 1.82) is 0 Å². The Bertz CT molecular complexity index is 1030. The van der Waals surface area contributed by atoms with Gasteiger partial charge in [-0.3, -0.25) is 9.59 Å². The summed E-state index contributed by atoms with van der Waals surface area (Å²) in [6.45, 7) is 3.13. The van der Waals surface area contributed by atoms with E-state index in [1.807, 2.05) is 50.2 Å². The molecule has 1 amide bonds. The second-order valence-corrected chi connectivity index (χ2v) is 8.09. The molecule has 2 aromatic carbocycles. The Morgan fingerprint density at radius 1 is 1.16 bits per heavy atom. The Morgan fingerprint density at radius 3 is 2.44 bits per heavy atom. The van der Waals surface area contributed by atoms with Gasteiger partial charge in [0, 0.05) is 6.54 Å². The average molecular weight is 441 g/mol. The molecule has 1 N–H and O–H groups in total. The summed E-state index contributed by atoms with van der Waals surface area (Å²) in [5.41, 5.74) is 1.80. The van der Waals surface area contributed by atoms with E-state index in [0.717, 1.165) is 24.6 Å². The van der Waals surface area contributed by atoms with Crippen LogP contribution in [0.5, 0.6) is 5.75 Å². The standard InChI is InChI=1S/C25H29FN2O4/c1-5-16-7-9-17(10-8-16)22-21(23(29)19-15-18(26)11-12-20(19)32-4)24(30)25(31)28(22)14-6-13-27(2)3/h7-12,15,22,29H,5-6,13-14H2,1-4H3/b23-21+. The molecule has 0 saturated carbocycles. The minimum absolute atomic E-state index is 0.0361. The summed E-state index contributed by atoms with van der Waals surface area (Å²) in [6.07, 6.45) is 1.51. The number of Topliss-reactive ketones (excluding diaryl/α,β-unsaturated/α-hetero) is 1. The van der Waals surface area contributed by atoms with Crippen molar-refractivity contribution in [2.24, 2.45) is 0 Å². The molecule has 1 atom stereocenters. The highest BCUT2D eigenvalue weighted by atomic mass is 19.1. The molecule has 32 heavy (non-hydrogen) atoms. The number of aliphatic hydroxyl groups is 1. The van der Waals surface area contributed by atoms with Crippen molar-refractivity contribution in [2.45, 2.75) is 25.8 Å². The number of benzene rings is 2. The highest BCUT2D eigenvalue weighted by Crippen LogP contribution is 2.41. The molecular weight excluding hydrogens is 411 g/mol. The third-order valence-electron chi connectivity index (χ3n) is 5.66. The van der Waals surface area contributed by atoms with Crippen LogP contribution >= 0.6 is 0 Å². The summed E-state index contributed by atoms with van der Waals surface area (Å²) in [4.78, 5) is 29.5. The number of amides is 1. The van der Waals surface area contributed by atoms with Gasteiger partial charge in [0.05, 0.1) is 24.3 Å². The van der Waals surface area contributed by atoms with Crippen LogP contribution in [0.4, 0.5) is 4.39 Å². The second-order valence-electron chi connectivity index (χ2n) is 8.09. The Labute approximate surface area is 187 Å². The van der Waals surface area contributed by atoms with Gasteiger partial charge in [0.2, 0.25) is 0 Å². The number of halogens is 1. The number of ketones is 1. The molecule has 3 rings (SSSR count). The predicted molar refractivity (Wildman–Crippen MR) is 121 cm³/mol. The lowest BCUT2D eigenvalue weighted by Crippen LogP contribution is -2.32. The third-order valence-corrected chi connectivity index (χ3v) is 5.66. The maximum absolute atomic E-state index is 14.0. The first kappa shape index (κ1) is 23.5. The Hall–Kier alpha value is -3.19. The topological polar surface area (TPSA) is 70.1 Å². The van der Waals surface area contributed by atoms with Crippen LogP contribution in [0.15, 0.2) is 48.0 Å². The number of methoxy groups -OCH3 is 1. The zero-order valence-electron chi connectivity index (χ0n) is 18.9. The van der Waals surface area contributed by atoms with Crippen LogP contribution in [0, 0.1) is 5.82 Å². The van der Waals surface area contributed by atoms with E-state index in [-0.39, 0.29) is 16.9 Å². The van der Waals surface area contributed by atoms with E-state index in [1.54, 1.807) is 0 Å². The van der Waals surface area contributed by atoms with Crippen LogP contribution < -0.4 is 4.74 Å². The van der Waals surface area contributed by atoms with Crippen LogP contribution in [0.25, 0.3) is 5.76 Å². The van der Waals surface area contributed by atoms with Crippen molar-refractivity contribution in [1.82, 2.24) is 9.80 Å². The van der Waals surface area contributed by atoms with E-state index in [9.17, 15) is 19.1 Å². The summed E-state index contributed by atoms with van der Waals surface area (Å²) < 4.78 is 19.2. The number of likely N-dealkylation sites (tertiary alicyclic amines) is 1. The highest BCUT2D eigenvalue weighted by molar-refractivity contribution is 6.46. The average Bonchev–Trinajstić information content (AvgIpc) is 3.03. The molecule has 1 unspecified atom stereocenters. The molecule has 0 spiro atoms. The minimum Gasteiger partial charge on any atom is -0.507 e. The van der Waals surface area contributed by atoms with Crippen LogP contribution in [0.2, 0.25) is 0 Å². The van der Waals surface area contributed by atoms with Crippen molar-refractivity contribution in [3.8, 4) is 5.75 Å². The molecule has 1 aliphatic heterocycles. The first-order valence-electron chi connectivity index (χ1n) is 10.6. The molecule has 7 heteroatoms. The summed E-state index contributed by atoms with van der Waals surface area (Å²) in [6, 6.07) is 10.5. The first-order chi connectivity index (χ1) is 15.3. The van der Waals surface area contributed by atoms with Crippen LogP contribution in [0.3, 0.4) is 0 Å². The summed E-state index contributed by atoms with van der Waals surface area (Å²) in [5.74, 6) is -2.29. The van der Waals surface area contributed by atoms with Crippen LogP contribution in [-0.2, 0) is 16.0 Å². The number of hydrogen-bond acceptors (Lipinski definition) is 5.